The molecule has 0 spiro atoms. The first kappa shape index (κ1) is 30.9. The Kier molecular flexibility index (Phi) is 10.8. The molecule has 2 aromatic heterocycles. The molecule has 3 rings (SSSR count). The molecule has 1 aliphatic rings. The second-order valence-electron chi connectivity index (χ2n) is 9.39. The molecule has 0 amide bonds. The van der Waals surface area contributed by atoms with Gasteiger partial charge < -0.3 is 40.0 Å². The predicted molar refractivity (Wildman–Crippen MR) is 143 cm³/mol. The average Bonchev–Trinajstić information content (AvgIpc) is 3.28. The van der Waals surface area contributed by atoms with Gasteiger partial charge in [-0.3, -0.25) is 9.78 Å². The number of nitrogens with one attached hydrogen (secondary N) is 1. The Balaban J connectivity index is 1.53. The van der Waals surface area contributed by atoms with E-state index in [0.29, 0.717) is 50.4 Å². The monoisotopic (exact) mass is 573 g/mol. The van der Waals surface area contributed by atoms with Gasteiger partial charge in [-0.05, 0) is 33.6 Å². The maximum atomic E-state index is 12.8. The van der Waals surface area contributed by atoms with Crippen LogP contribution in [0.1, 0.15) is 46.5 Å². The Labute approximate surface area is 226 Å². The molecule has 3 heterocycles. The number of anilines is 1. The highest BCUT2D eigenvalue weighted by Crippen LogP contribution is 2.22. The van der Waals surface area contributed by atoms with Crippen molar-refractivity contribution in [1.82, 2.24) is 24.4 Å². The number of unbranched alkanes of at least 4 members (excludes halogenated alkanes) is 2. The molecule has 1 fully saturated rings. The van der Waals surface area contributed by atoms with Crippen LogP contribution in [0.3, 0.4) is 0 Å². The number of nitrogens with zero attached hydrogens (tertiary/aromatic N) is 5. The molecule has 15 nitrogen and oxygen atoms in total. The Morgan fingerprint density at radius 3 is 2.62 bits per heavy atom. The highest BCUT2D eigenvalue weighted by Gasteiger charge is 2.42. The number of nitrogen functional groups attached to an aromatic ring is 1. The van der Waals surface area contributed by atoms with Crippen LogP contribution < -0.4 is 11.3 Å². The zero-order chi connectivity index (χ0) is 28.7. The van der Waals surface area contributed by atoms with Gasteiger partial charge in [0.25, 0.3) is 15.6 Å². The van der Waals surface area contributed by atoms with Crippen LogP contribution in [0.2, 0.25) is 0 Å². The van der Waals surface area contributed by atoms with Crippen molar-refractivity contribution >= 4 is 33.0 Å². The molecule has 220 valence electrons. The van der Waals surface area contributed by atoms with Crippen LogP contribution in [0, 0.1) is 0 Å². The lowest BCUT2D eigenvalue weighted by Crippen LogP contribution is -2.57. The Hall–Kier alpha value is -2.63. The SMILES string of the molecule is CCN(CC)/C(CCO[C@H]1O[C@@H](C)[C@@H](O)[C@@H](O)[C@@H]1O)=N\S(=O)(=O)CCCCCn1cnc2c(=O)[nH]c(N)nc21. The minimum atomic E-state index is -3.77. The predicted octanol–water partition coefficient (Wildman–Crippen LogP) is -0.824. The normalized spacial score (nSPS) is 24.4. The second-order valence-corrected chi connectivity index (χ2v) is 11.1. The van der Waals surface area contributed by atoms with Crippen molar-refractivity contribution in [1.29, 1.82) is 0 Å². The molecular weight excluding hydrogens is 534 g/mol. The van der Waals surface area contributed by atoms with Crippen LogP contribution in [0.25, 0.3) is 11.2 Å². The third-order valence-electron chi connectivity index (χ3n) is 6.58. The van der Waals surface area contributed by atoms with E-state index in [1.165, 1.54) is 6.33 Å². The van der Waals surface area contributed by atoms with Crippen LogP contribution in [0.15, 0.2) is 15.5 Å². The number of aryl methyl sites for hydroxylation is 1. The molecule has 0 unspecified atom stereocenters. The van der Waals surface area contributed by atoms with E-state index >= 15 is 0 Å². The van der Waals surface area contributed by atoms with Gasteiger partial charge in [0.1, 0.15) is 24.1 Å². The number of aliphatic hydroxyl groups is 3. The van der Waals surface area contributed by atoms with Crippen LogP contribution >= 0.6 is 0 Å². The zero-order valence-electron chi connectivity index (χ0n) is 22.4. The zero-order valence-corrected chi connectivity index (χ0v) is 23.2. The molecule has 16 heteroatoms. The smallest absolute Gasteiger partial charge is 0.280 e. The Morgan fingerprint density at radius 1 is 1.21 bits per heavy atom. The third kappa shape index (κ3) is 7.95. The third-order valence-corrected chi connectivity index (χ3v) is 7.88. The van der Waals surface area contributed by atoms with Gasteiger partial charge in [-0.2, -0.15) is 9.38 Å². The molecule has 0 radical (unpaired) electrons. The summed E-state index contributed by atoms with van der Waals surface area (Å²) in [5.41, 5.74) is 5.78. The van der Waals surface area contributed by atoms with E-state index in [-0.39, 0.29) is 30.2 Å². The summed E-state index contributed by atoms with van der Waals surface area (Å²) in [5.74, 6) is 0.193. The van der Waals surface area contributed by atoms with Crippen molar-refractivity contribution in [3.63, 3.8) is 0 Å². The number of rotatable bonds is 13. The van der Waals surface area contributed by atoms with Crippen molar-refractivity contribution < 1.29 is 33.2 Å². The van der Waals surface area contributed by atoms with Gasteiger partial charge in [-0.25, -0.2) is 13.4 Å². The quantitative estimate of drug-likeness (QED) is 0.113. The first-order valence-electron chi connectivity index (χ1n) is 13.1. The van der Waals surface area contributed by atoms with E-state index in [2.05, 4.69) is 19.3 Å². The fraction of sp³-hybridized carbons (Fsp3) is 0.739. The van der Waals surface area contributed by atoms with Crippen molar-refractivity contribution in [2.45, 2.75) is 83.7 Å². The summed E-state index contributed by atoms with van der Waals surface area (Å²) in [6, 6.07) is 0. The van der Waals surface area contributed by atoms with Gasteiger partial charge in [0.15, 0.2) is 17.5 Å². The Morgan fingerprint density at radius 2 is 1.92 bits per heavy atom. The van der Waals surface area contributed by atoms with Gasteiger partial charge in [-0.15, -0.1) is 0 Å². The number of amidine groups is 1. The molecular formula is C23H39N7O8S. The number of sulfonamides is 1. The fourth-order valence-corrected chi connectivity index (χ4v) is 5.54. The molecule has 6 N–H and O–H groups in total. The van der Waals surface area contributed by atoms with Gasteiger partial charge >= 0.3 is 0 Å². The summed E-state index contributed by atoms with van der Waals surface area (Å²) in [4.78, 5) is 24.3. The first-order valence-corrected chi connectivity index (χ1v) is 14.7. The minimum absolute atomic E-state index is 0.000931. The first-order chi connectivity index (χ1) is 18.5. The Bertz CT molecular complexity index is 1280. The van der Waals surface area contributed by atoms with E-state index in [1.54, 1.807) is 11.5 Å². The number of hydrogen-bond donors (Lipinski definition) is 5. The van der Waals surface area contributed by atoms with Gasteiger partial charge in [-0.1, -0.05) is 6.42 Å². The molecule has 1 saturated heterocycles. The number of imidazole rings is 1. The van der Waals surface area contributed by atoms with Crippen molar-refractivity contribution in [2.75, 3.05) is 31.2 Å². The summed E-state index contributed by atoms with van der Waals surface area (Å²) in [6.45, 7) is 6.88. The van der Waals surface area contributed by atoms with Crippen molar-refractivity contribution in [3.8, 4) is 0 Å². The lowest BCUT2D eigenvalue weighted by molar-refractivity contribution is -0.292. The van der Waals surface area contributed by atoms with Crippen molar-refractivity contribution in [3.05, 3.63) is 16.7 Å². The van der Waals surface area contributed by atoms with Crippen LogP contribution in [-0.2, 0) is 26.0 Å². The van der Waals surface area contributed by atoms with E-state index in [4.69, 9.17) is 15.2 Å². The number of hydrogen-bond acceptors (Lipinski definition) is 11. The summed E-state index contributed by atoms with van der Waals surface area (Å²) < 4.78 is 42.4. The summed E-state index contributed by atoms with van der Waals surface area (Å²) in [6.07, 6.45) is -2.73. The molecule has 39 heavy (non-hydrogen) atoms. The molecule has 1 aliphatic heterocycles. The standard InChI is InChI=1S/C23H39N7O8S/c1-4-29(5-2)15(9-11-37-22-19(33)18(32)17(31)14(3)38-22)28-39(35,36)12-8-6-7-10-30-13-25-16-20(30)26-23(24)27-21(16)34/h13-14,17-19,22,31-33H,4-12H2,1-3H3,(H3,24,26,27,34)/b28-15-/t14-,17+,18+,19-,22-/m0/s1. The van der Waals surface area contributed by atoms with E-state index in [1.807, 2.05) is 18.7 Å². The molecule has 2 aromatic rings. The minimum Gasteiger partial charge on any atom is -0.388 e. The number of ether oxygens (including phenoxy) is 2. The van der Waals surface area contributed by atoms with Crippen molar-refractivity contribution in [2.24, 2.45) is 4.40 Å². The molecule has 0 bridgehead atoms. The number of aromatic amines is 1. The molecule has 0 saturated carbocycles. The van der Waals surface area contributed by atoms with E-state index < -0.39 is 46.3 Å². The number of fused-ring (bicyclic) bond motifs is 1. The second kappa shape index (κ2) is 13.6. The molecule has 5 atom stereocenters. The maximum Gasteiger partial charge on any atom is 0.280 e. The topological polar surface area (TPSA) is 218 Å². The summed E-state index contributed by atoms with van der Waals surface area (Å²) in [7, 11) is -3.77. The molecule has 0 aliphatic carbocycles. The van der Waals surface area contributed by atoms with E-state index in [0.717, 1.165) is 0 Å². The molecule has 0 aromatic carbocycles. The van der Waals surface area contributed by atoms with Crippen LogP contribution in [0.5, 0.6) is 0 Å². The number of aromatic nitrogens is 4. The summed E-state index contributed by atoms with van der Waals surface area (Å²) in [5, 5.41) is 29.9. The highest BCUT2D eigenvalue weighted by molar-refractivity contribution is 7.90. The van der Waals surface area contributed by atoms with Crippen LogP contribution in [0.4, 0.5) is 5.95 Å². The lowest BCUT2D eigenvalue weighted by Gasteiger charge is -2.39. The lowest BCUT2D eigenvalue weighted by atomic mass is 10.0. The average molecular weight is 574 g/mol. The number of H-pyrrole nitrogens is 1. The van der Waals surface area contributed by atoms with Crippen LogP contribution in [-0.4, -0.2) is 110 Å². The van der Waals surface area contributed by atoms with Gasteiger partial charge in [0.2, 0.25) is 5.95 Å². The largest absolute Gasteiger partial charge is 0.388 e. The highest BCUT2D eigenvalue weighted by atomic mass is 32.2. The number of aliphatic hydroxyl groups excluding tert-OH is 3. The number of nitrogens with two attached hydrogens (primary N) is 1. The van der Waals surface area contributed by atoms with Gasteiger partial charge in [0.05, 0.1) is 24.8 Å². The van der Waals surface area contributed by atoms with E-state index in [9.17, 15) is 28.5 Å². The maximum absolute atomic E-state index is 12.8. The van der Waals surface area contributed by atoms with Gasteiger partial charge in [0, 0.05) is 26.1 Å². The summed E-state index contributed by atoms with van der Waals surface area (Å²) >= 11 is 0. The fourth-order valence-electron chi connectivity index (χ4n) is 4.35.